The number of Topliss-reactive ketones (excluding diaryl/α,β-unsaturated/α-hetero) is 1. The summed E-state index contributed by atoms with van der Waals surface area (Å²) >= 11 is 0. The van der Waals surface area contributed by atoms with E-state index in [1.165, 1.54) is 16.7 Å². The summed E-state index contributed by atoms with van der Waals surface area (Å²) in [7, 11) is 0. The van der Waals surface area contributed by atoms with Gasteiger partial charge in [-0.3, -0.25) is 4.79 Å². The number of carbonyl (C=O) groups is 1. The number of ketones is 1. The summed E-state index contributed by atoms with van der Waals surface area (Å²) in [4.78, 5) is 24.2. The van der Waals surface area contributed by atoms with Crippen LogP contribution in [-0.2, 0) is 19.4 Å². The summed E-state index contributed by atoms with van der Waals surface area (Å²) in [6.45, 7) is 1.73. The predicted molar refractivity (Wildman–Crippen MR) is 105 cm³/mol. The van der Waals surface area contributed by atoms with Crippen molar-refractivity contribution in [3.8, 4) is 0 Å². The highest BCUT2D eigenvalue weighted by Crippen LogP contribution is 2.32. The number of hydrogen-bond donors (Lipinski definition) is 0. The van der Waals surface area contributed by atoms with E-state index in [4.69, 9.17) is 4.98 Å². The Hall–Kier alpha value is -3.01. The van der Waals surface area contributed by atoms with E-state index in [2.05, 4.69) is 46.3 Å². The van der Waals surface area contributed by atoms with Gasteiger partial charge in [-0.1, -0.05) is 54.6 Å². The zero-order chi connectivity index (χ0) is 18.2. The van der Waals surface area contributed by atoms with Crippen molar-refractivity contribution in [2.45, 2.75) is 31.7 Å². The third-order valence-electron chi connectivity index (χ3n) is 5.71. The maximum absolute atomic E-state index is 12.6. The number of fused-ring (bicyclic) bond motifs is 2. The molecule has 2 aromatic carbocycles. The molecule has 0 spiro atoms. The quantitative estimate of drug-likeness (QED) is 0.698. The predicted octanol–water partition coefficient (Wildman–Crippen LogP) is 3.95. The SMILES string of the molecule is O=C1C[C@H](c2ccccc2)Cc2nc(N3CCc4ccccc4C3)ncc21. The van der Waals surface area contributed by atoms with Crippen LogP contribution in [0.2, 0.25) is 0 Å². The zero-order valence-electron chi connectivity index (χ0n) is 15.1. The third-order valence-corrected chi connectivity index (χ3v) is 5.71. The second-order valence-corrected chi connectivity index (χ2v) is 7.41. The van der Waals surface area contributed by atoms with Crippen LogP contribution in [-0.4, -0.2) is 22.3 Å². The molecule has 0 saturated heterocycles. The largest absolute Gasteiger partial charge is 0.336 e. The first-order chi connectivity index (χ1) is 13.3. The Labute approximate surface area is 158 Å². The molecular formula is C23H21N3O. The number of carbonyl (C=O) groups excluding carboxylic acids is 1. The second kappa shape index (κ2) is 6.62. The van der Waals surface area contributed by atoms with Crippen molar-refractivity contribution in [1.29, 1.82) is 0 Å². The molecule has 2 heterocycles. The Morgan fingerprint density at radius 3 is 2.56 bits per heavy atom. The molecule has 0 unspecified atom stereocenters. The van der Waals surface area contributed by atoms with E-state index in [0.29, 0.717) is 12.0 Å². The number of nitrogens with zero attached hydrogens (tertiary/aromatic N) is 3. The lowest BCUT2D eigenvalue weighted by molar-refractivity contribution is 0.0962. The van der Waals surface area contributed by atoms with Crippen LogP contribution in [0.4, 0.5) is 5.95 Å². The van der Waals surface area contributed by atoms with Gasteiger partial charge >= 0.3 is 0 Å². The van der Waals surface area contributed by atoms with E-state index in [1.807, 2.05) is 18.2 Å². The van der Waals surface area contributed by atoms with Gasteiger partial charge in [0.15, 0.2) is 5.78 Å². The Morgan fingerprint density at radius 1 is 0.926 bits per heavy atom. The van der Waals surface area contributed by atoms with Crippen LogP contribution in [0, 0.1) is 0 Å². The maximum atomic E-state index is 12.6. The number of aromatic nitrogens is 2. The van der Waals surface area contributed by atoms with Gasteiger partial charge in [0.05, 0.1) is 11.3 Å². The molecule has 1 aliphatic heterocycles. The molecule has 0 N–H and O–H groups in total. The fourth-order valence-electron chi connectivity index (χ4n) is 4.21. The summed E-state index contributed by atoms with van der Waals surface area (Å²) in [5.41, 5.74) is 5.55. The van der Waals surface area contributed by atoms with Gasteiger partial charge < -0.3 is 4.90 Å². The van der Waals surface area contributed by atoms with Crippen molar-refractivity contribution in [2.75, 3.05) is 11.4 Å². The summed E-state index contributed by atoms with van der Waals surface area (Å²) in [6, 6.07) is 18.8. The van der Waals surface area contributed by atoms with Gasteiger partial charge in [-0.05, 0) is 35.4 Å². The first-order valence-electron chi connectivity index (χ1n) is 9.54. The van der Waals surface area contributed by atoms with Crippen molar-refractivity contribution < 1.29 is 4.79 Å². The average Bonchev–Trinajstić information content (AvgIpc) is 2.73. The Kier molecular flexibility index (Phi) is 3.97. The van der Waals surface area contributed by atoms with Crippen molar-refractivity contribution in [3.05, 3.63) is 88.7 Å². The molecule has 1 aliphatic carbocycles. The third kappa shape index (κ3) is 3.01. The molecular weight excluding hydrogens is 334 g/mol. The van der Waals surface area contributed by atoms with Gasteiger partial charge in [-0.25, -0.2) is 9.97 Å². The van der Waals surface area contributed by atoms with E-state index in [9.17, 15) is 4.79 Å². The van der Waals surface area contributed by atoms with Gasteiger partial charge in [0.2, 0.25) is 5.95 Å². The minimum absolute atomic E-state index is 0.153. The number of anilines is 1. The summed E-state index contributed by atoms with van der Waals surface area (Å²) < 4.78 is 0. The van der Waals surface area contributed by atoms with Crippen LogP contribution < -0.4 is 4.90 Å². The fourth-order valence-corrected chi connectivity index (χ4v) is 4.21. The van der Waals surface area contributed by atoms with Gasteiger partial charge in [0.1, 0.15) is 0 Å². The molecule has 3 aromatic rings. The highest BCUT2D eigenvalue weighted by molar-refractivity contribution is 5.98. The molecule has 2 aliphatic rings. The molecule has 0 bridgehead atoms. The first kappa shape index (κ1) is 16.2. The monoisotopic (exact) mass is 355 g/mol. The molecule has 1 aromatic heterocycles. The lowest BCUT2D eigenvalue weighted by atomic mass is 9.82. The zero-order valence-corrected chi connectivity index (χ0v) is 15.1. The highest BCUT2D eigenvalue weighted by Gasteiger charge is 2.29. The normalized spacial score (nSPS) is 18.7. The lowest BCUT2D eigenvalue weighted by Crippen LogP contribution is -2.32. The van der Waals surface area contributed by atoms with E-state index in [-0.39, 0.29) is 11.7 Å². The van der Waals surface area contributed by atoms with E-state index >= 15 is 0 Å². The van der Waals surface area contributed by atoms with Crippen LogP contribution in [0.3, 0.4) is 0 Å². The number of benzene rings is 2. The van der Waals surface area contributed by atoms with Gasteiger partial charge in [-0.2, -0.15) is 0 Å². The van der Waals surface area contributed by atoms with E-state index in [1.54, 1.807) is 6.20 Å². The molecule has 134 valence electrons. The van der Waals surface area contributed by atoms with Gasteiger partial charge in [-0.15, -0.1) is 0 Å². The van der Waals surface area contributed by atoms with E-state index < -0.39 is 0 Å². The highest BCUT2D eigenvalue weighted by atomic mass is 16.1. The molecule has 4 heteroatoms. The fraction of sp³-hybridized carbons (Fsp3) is 0.261. The van der Waals surface area contributed by atoms with Crippen molar-refractivity contribution in [3.63, 3.8) is 0 Å². The Morgan fingerprint density at radius 2 is 1.70 bits per heavy atom. The van der Waals surface area contributed by atoms with Crippen LogP contribution in [0.5, 0.6) is 0 Å². The Balaban J connectivity index is 1.44. The summed E-state index contributed by atoms with van der Waals surface area (Å²) in [5, 5.41) is 0. The van der Waals surface area contributed by atoms with Crippen LogP contribution in [0.1, 0.15) is 45.1 Å². The average molecular weight is 355 g/mol. The van der Waals surface area contributed by atoms with Gasteiger partial charge in [0, 0.05) is 25.7 Å². The summed E-state index contributed by atoms with van der Waals surface area (Å²) in [6.07, 6.45) is 4.08. The maximum Gasteiger partial charge on any atom is 0.225 e. The number of rotatable bonds is 2. The smallest absolute Gasteiger partial charge is 0.225 e. The van der Waals surface area contributed by atoms with Crippen molar-refractivity contribution in [2.24, 2.45) is 0 Å². The minimum Gasteiger partial charge on any atom is -0.336 e. The van der Waals surface area contributed by atoms with E-state index in [0.717, 1.165) is 37.6 Å². The summed E-state index contributed by atoms with van der Waals surface area (Å²) in [5.74, 6) is 1.10. The second-order valence-electron chi connectivity index (χ2n) is 7.41. The minimum atomic E-state index is 0.153. The van der Waals surface area contributed by atoms with Crippen molar-refractivity contribution >= 4 is 11.7 Å². The first-order valence-corrected chi connectivity index (χ1v) is 9.54. The molecule has 0 amide bonds. The lowest BCUT2D eigenvalue weighted by Gasteiger charge is -2.30. The molecule has 27 heavy (non-hydrogen) atoms. The molecule has 0 fully saturated rings. The molecule has 4 nitrogen and oxygen atoms in total. The van der Waals surface area contributed by atoms with Crippen molar-refractivity contribution in [1.82, 2.24) is 9.97 Å². The Bertz CT molecular complexity index is 1000. The standard InChI is InChI=1S/C23H21N3O/c27-22-13-19(16-6-2-1-3-7-16)12-21-20(22)14-24-23(25-21)26-11-10-17-8-4-5-9-18(17)15-26/h1-9,14,19H,10-13,15H2/t19-/m1/s1. The number of hydrogen-bond acceptors (Lipinski definition) is 4. The molecule has 5 rings (SSSR count). The van der Waals surface area contributed by atoms with Crippen LogP contribution in [0.15, 0.2) is 60.8 Å². The van der Waals surface area contributed by atoms with Crippen LogP contribution in [0.25, 0.3) is 0 Å². The molecule has 0 saturated carbocycles. The van der Waals surface area contributed by atoms with Crippen LogP contribution >= 0.6 is 0 Å². The van der Waals surface area contributed by atoms with Gasteiger partial charge in [0.25, 0.3) is 0 Å². The molecule has 1 atom stereocenters. The molecule has 0 radical (unpaired) electrons. The topological polar surface area (TPSA) is 46.1 Å².